The van der Waals surface area contributed by atoms with Crippen molar-refractivity contribution in [2.45, 2.75) is 38.1 Å². The predicted molar refractivity (Wildman–Crippen MR) is 69.8 cm³/mol. The van der Waals surface area contributed by atoms with Crippen molar-refractivity contribution in [3.8, 4) is 0 Å². The number of nitrogens with zero attached hydrogens (tertiary/aromatic N) is 3. The molecule has 3 rings (SSSR count). The summed E-state index contributed by atoms with van der Waals surface area (Å²) >= 11 is 0. The second-order valence-corrected chi connectivity index (χ2v) is 4.94. The quantitative estimate of drug-likeness (QED) is 0.621. The zero-order valence-corrected chi connectivity index (χ0v) is 10.6. The van der Waals surface area contributed by atoms with E-state index in [0.717, 1.165) is 32.1 Å². The van der Waals surface area contributed by atoms with Gasteiger partial charge >= 0.3 is 11.6 Å². The monoisotopic (exact) mass is 279 g/mol. The van der Waals surface area contributed by atoms with Crippen LogP contribution in [0.2, 0.25) is 0 Å². The van der Waals surface area contributed by atoms with Gasteiger partial charge in [0.05, 0.1) is 0 Å². The lowest BCUT2D eigenvalue weighted by atomic mass is 9.95. The van der Waals surface area contributed by atoms with Gasteiger partial charge in [-0.25, -0.2) is 9.78 Å². The maximum absolute atomic E-state index is 12.0. The SMILES string of the molecule is O=c1[nH]c(=O)n(C2CCCCC2)c2nc([N+](=O)[O-])[nH]c12. The van der Waals surface area contributed by atoms with E-state index in [-0.39, 0.29) is 17.2 Å². The minimum absolute atomic E-state index is 0.0260. The molecule has 1 aliphatic rings. The summed E-state index contributed by atoms with van der Waals surface area (Å²) < 4.78 is 1.37. The van der Waals surface area contributed by atoms with Crippen molar-refractivity contribution in [2.24, 2.45) is 0 Å². The molecule has 2 heterocycles. The summed E-state index contributed by atoms with van der Waals surface area (Å²) in [5, 5.41) is 10.8. The Morgan fingerprint density at radius 3 is 2.55 bits per heavy atom. The Kier molecular flexibility index (Phi) is 2.88. The fourth-order valence-corrected chi connectivity index (χ4v) is 2.76. The zero-order chi connectivity index (χ0) is 14.3. The molecule has 2 N–H and O–H groups in total. The van der Waals surface area contributed by atoms with Crippen LogP contribution in [0.15, 0.2) is 9.59 Å². The molecule has 20 heavy (non-hydrogen) atoms. The Morgan fingerprint density at radius 2 is 1.90 bits per heavy atom. The molecule has 9 nitrogen and oxygen atoms in total. The average molecular weight is 279 g/mol. The Balaban J connectivity index is 2.26. The smallest absolute Gasteiger partial charge is 0.390 e. The van der Waals surface area contributed by atoms with Gasteiger partial charge in [-0.2, -0.15) is 0 Å². The number of nitrogens with one attached hydrogen (secondary N) is 2. The van der Waals surface area contributed by atoms with Gasteiger partial charge in [-0.1, -0.05) is 19.3 Å². The number of aromatic amines is 2. The van der Waals surface area contributed by atoms with E-state index >= 15 is 0 Å². The molecule has 2 aromatic heterocycles. The van der Waals surface area contributed by atoms with Crippen LogP contribution in [-0.4, -0.2) is 24.4 Å². The van der Waals surface area contributed by atoms with Crippen LogP contribution in [-0.2, 0) is 0 Å². The Labute approximate surface area is 111 Å². The lowest BCUT2D eigenvalue weighted by Gasteiger charge is -2.22. The number of nitro groups is 1. The second kappa shape index (κ2) is 4.58. The molecule has 0 atom stereocenters. The first-order valence-corrected chi connectivity index (χ1v) is 6.47. The van der Waals surface area contributed by atoms with Crippen molar-refractivity contribution < 1.29 is 4.92 Å². The normalized spacial score (nSPS) is 16.6. The van der Waals surface area contributed by atoms with Gasteiger partial charge in [0.2, 0.25) is 5.52 Å². The molecule has 0 aromatic carbocycles. The summed E-state index contributed by atoms with van der Waals surface area (Å²) in [6, 6.07) is -0.0708. The van der Waals surface area contributed by atoms with Gasteiger partial charge in [-0.3, -0.25) is 14.3 Å². The fourth-order valence-electron chi connectivity index (χ4n) is 2.76. The zero-order valence-electron chi connectivity index (χ0n) is 10.6. The fraction of sp³-hybridized carbons (Fsp3) is 0.545. The molecule has 1 saturated carbocycles. The molecule has 0 radical (unpaired) electrons. The topological polar surface area (TPSA) is 127 Å². The first-order valence-electron chi connectivity index (χ1n) is 6.47. The van der Waals surface area contributed by atoms with E-state index < -0.39 is 22.1 Å². The van der Waals surface area contributed by atoms with E-state index in [1.807, 2.05) is 0 Å². The van der Waals surface area contributed by atoms with Gasteiger partial charge in [0, 0.05) is 6.04 Å². The maximum Gasteiger partial charge on any atom is 0.435 e. The van der Waals surface area contributed by atoms with Gasteiger partial charge in [0.25, 0.3) is 11.2 Å². The summed E-state index contributed by atoms with van der Waals surface area (Å²) in [4.78, 5) is 42.1. The van der Waals surface area contributed by atoms with E-state index in [2.05, 4.69) is 15.0 Å². The summed E-state index contributed by atoms with van der Waals surface area (Å²) in [5.74, 6) is -0.527. The molecule has 0 bridgehead atoms. The summed E-state index contributed by atoms with van der Waals surface area (Å²) in [6.07, 6.45) is 4.70. The molecular weight excluding hydrogens is 266 g/mol. The lowest BCUT2D eigenvalue weighted by Crippen LogP contribution is -2.33. The van der Waals surface area contributed by atoms with Crippen LogP contribution in [0, 0.1) is 10.1 Å². The first kappa shape index (κ1) is 12.6. The van der Waals surface area contributed by atoms with Gasteiger partial charge in [0.1, 0.15) is 0 Å². The summed E-state index contributed by atoms with van der Waals surface area (Å²) in [6.45, 7) is 0. The molecule has 106 valence electrons. The van der Waals surface area contributed by atoms with Gasteiger partial charge in [0.15, 0.2) is 0 Å². The Bertz CT molecular complexity index is 780. The van der Waals surface area contributed by atoms with Crippen LogP contribution >= 0.6 is 0 Å². The molecular formula is C11H13N5O4. The van der Waals surface area contributed by atoms with Crippen molar-refractivity contribution in [3.05, 3.63) is 31.0 Å². The molecule has 0 unspecified atom stereocenters. The predicted octanol–water partition coefficient (Wildman–Crippen LogP) is 0.826. The molecule has 1 aliphatic carbocycles. The highest BCUT2D eigenvalue weighted by Gasteiger charge is 2.26. The van der Waals surface area contributed by atoms with Crippen molar-refractivity contribution >= 4 is 17.1 Å². The molecule has 0 spiro atoms. The van der Waals surface area contributed by atoms with Crippen LogP contribution in [0.3, 0.4) is 0 Å². The van der Waals surface area contributed by atoms with E-state index in [9.17, 15) is 19.7 Å². The average Bonchev–Trinajstić information content (AvgIpc) is 2.85. The third-order valence-corrected chi connectivity index (χ3v) is 3.68. The number of hydrogen-bond acceptors (Lipinski definition) is 5. The Morgan fingerprint density at radius 1 is 1.20 bits per heavy atom. The van der Waals surface area contributed by atoms with E-state index in [1.165, 1.54) is 4.57 Å². The van der Waals surface area contributed by atoms with Crippen LogP contribution < -0.4 is 11.2 Å². The van der Waals surface area contributed by atoms with E-state index in [1.54, 1.807) is 0 Å². The van der Waals surface area contributed by atoms with Crippen LogP contribution in [0.1, 0.15) is 38.1 Å². The summed E-state index contributed by atoms with van der Waals surface area (Å²) in [5.41, 5.74) is -1.20. The van der Waals surface area contributed by atoms with Crippen molar-refractivity contribution in [1.29, 1.82) is 0 Å². The minimum atomic E-state index is -0.713. The molecule has 1 fully saturated rings. The highest BCUT2D eigenvalue weighted by molar-refractivity contribution is 5.71. The van der Waals surface area contributed by atoms with Gasteiger partial charge in [-0.05, 0) is 22.7 Å². The Hall–Kier alpha value is -2.45. The highest BCUT2D eigenvalue weighted by atomic mass is 16.6. The highest BCUT2D eigenvalue weighted by Crippen LogP contribution is 2.28. The summed E-state index contributed by atoms with van der Waals surface area (Å²) in [7, 11) is 0. The lowest BCUT2D eigenvalue weighted by molar-refractivity contribution is -0.393. The second-order valence-electron chi connectivity index (χ2n) is 4.94. The number of hydrogen-bond donors (Lipinski definition) is 2. The van der Waals surface area contributed by atoms with Crippen LogP contribution in [0.25, 0.3) is 11.2 Å². The standard InChI is InChI=1S/C11H13N5O4/c17-9-7-8(13-10(12-7)16(19)20)15(11(18)14-9)6-4-2-1-3-5-6/h6H,1-5H2,(H,12,13)(H,14,17,18). The molecule has 0 aliphatic heterocycles. The largest absolute Gasteiger partial charge is 0.435 e. The molecule has 9 heteroatoms. The number of imidazole rings is 1. The number of fused-ring (bicyclic) bond motifs is 1. The molecule has 2 aromatic rings. The molecule has 0 saturated heterocycles. The van der Waals surface area contributed by atoms with Gasteiger partial charge < -0.3 is 10.1 Å². The van der Waals surface area contributed by atoms with Gasteiger partial charge in [-0.15, -0.1) is 0 Å². The third-order valence-electron chi connectivity index (χ3n) is 3.68. The first-order chi connectivity index (χ1) is 9.58. The van der Waals surface area contributed by atoms with Crippen molar-refractivity contribution in [3.63, 3.8) is 0 Å². The number of aromatic nitrogens is 4. The van der Waals surface area contributed by atoms with Crippen LogP contribution in [0.4, 0.5) is 5.95 Å². The van der Waals surface area contributed by atoms with Crippen molar-refractivity contribution in [2.75, 3.05) is 0 Å². The number of H-pyrrole nitrogens is 2. The minimum Gasteiger partial charge on any atom is -0.390 e. The van der Waals surface area contributed by atoms with E-state index in [4.69, 9.17) is 0 Å². The number of rotatable bonds is 2. The van der Waals surface area contributed by atoms with Crippen molar-refractivity contribution in [1.82, 2.24) is 19.5 Å². The third kappa shape index (κ3) is 1.91. The van der Waals surface area contributed by atoms with E-state index in [0.29, 0.717) is 0 Å². The maximum atomic E-state index is 12.0. The van der Waals surface area contributed by atoms with Crippen LogP contribution in [0.5, 0.6) is 0 Å². The molecule has 0 amide bonds.